The molecule has 1 unspecified atom stereocenters. The van der Waals surface area contributed by atoms with Crippen molar-refractivity contribution < 1.29 is 14.4 Å². The fourth-order valence-corrected chi connectivity index (χ4v) is 9.52. The summed E-state index contributed by atoms with van der Waals surface area (Å²) in [6, 6.07) is 22.3. The summed E-state index contributed by atoms with van der Waals surface area (Å²) in [5.41, 5.74) is 7.43. The Kier molecular flexibility index (Phi) is 8.70. The number of hydrogen-bond donors (Lipinski definition) is 3. The van der Waals surface area contributed by atoms with Gasteiger partial charge in [-0.1, -0.05) is 24.3 Å². The third-order valence-corrected chi connectivity index (χ3v) is 12.4. The summed E-state index contributed by atoms with van der Waals surface area (Å²) in [4.78, 5) is 61.3. The molecule has 6 heterocycles. The average molecular weight is 743 g/mol. The Morgan fingerprint density at radius 2 is 1.78 bits per heavy atom. The third-order valence-electron chi connectivity index (χ3n) is 11.2. The molecule has 9 rings (SSSR count). The number of fused-ring (bicyclic) bond motifs is 6. The maximum absolute atomic E-state index is 13.3. The Balaban J connectivity index is 0.857. The van der Waals surface area contributed by atoms with Gasteiger partial charge in [0.15, 0.2) is 0 Å². The van der Waals surface area contributed by atoms with Crippen LogP contribution < -0.4 is 26.5 Å². The molecule has 13 heteroatoms. The van der Waals surface area contributed by atoms with E-state index >= 15 is 0 Å². The summed E-state index contributed by atoms with van der Waals surface area (Å²) in [5, 5.41) is 11.1. The number of carbonyl (C=O) groups is 3. The molecule has 0 bridgehead atoms. The first-order valence-corrected chi connectivity index (χ1v) is 19.6. The van der Waals surface area contributed by atoms with E-state index in [4.69, 9.17) is 4.98 Å². The van der Waals surface area contributed by atoms with Crippen LogP contribution in [0.5, 0.6) is 0 Å². The summed E-state index contributed by atoms with van der Waals surface area (Å²) >= 11 is 1.52. The first-order valence-electron chi connectivity index (χ1n) is 18.7. The van der Waals surface area contributed by atoms with E-state index in [1.54, 1.807) is 16.2 Å². The molecule has 0 spiro atoms. The summed E-state index contributed by atoms with van der Waals surface area (Å²) in [6.45, 7) is 7.40. The minimum Gasteiger partial charge on any atom is -0.381 e. The summed E-state index contributed by atoms with van der Waals surface area (Å²) < 4.78 is 4.27. The lowest BCUT2D eigenvalue weighted by Crippen LogP contribution is -2.46. The SMILES string of the molecule is C[C@@H]1CNc2c(sc3ccc4nc(-c5cccc(N6CCN(CCCc7cccc8c7n(C)c(=O)n8C7CCC(=O)NC7=O)CC6)c5)ccc4c23)C(=O)N1. The topological polar surface area (TPSA) is 134 Å². The number of imidazole rings is 1. The Labute approximate surface area is 315 Å². The van der Waals surface area contributed by atoms with Gasteiger partial charge in [0.25, 0.3) is 5.91 Å². The minimum atomic E-state index is -0.684. The number of anilines is 2. The van der Waals surface area contributed by atoms with Gasteiger partial charge in [0, 0.05) is 79.0 Å². The predicted octanol–water partition coefficient (Wildman–Crippen LogP) is 5.05. The van der Waals surface area contributed by atoms with Gasteiger partial charge < -0.3 is 15.5 Å². The maximum atomic E-state index is 13.3. The zero-order valence-corrected chi connectivity index (χ0v) is 31.2. The lowest BCUT2D eigenvalue weighted by atomic mass is 10.0. The van der Waals surface area contributed by atoms with Crippen molar-refractivity contribution in [1.29, 1.82) is 0 Å². The molecule has 3 N–H and O–H groups in total. The molecule has 3 amide bonds. The molecule has 6 aromatic rings. The number of nitrogens with zero attached hydrogens (tertiary/aromatic N) is 5. The average Bonchev–Trinajstić information content (AvgIpc) is 3.64. The lowest BCUT2D eigenvalue weighted by molar-refractivity contribution is -0.135. The Morgan fingerprint density at radius 3 is 2.61 bits per heavy atom. The zero-order valence-electron chi connectivity index (χ0n) is 30.4. The van der Waals surface area contributed by atoms with Gasteiger partial charge in [-0.25, -0.2) is 9.78 Å². The highest BCUT2D eigenvalue weighted by molar-refractivity contribution is 7.21. The van der Waals surface area contributed by atoms with E-state index in [1.807, 2.05) is 19.1 Å². The molecular weight excluding hydrogens is 701 g/mol. The number of pyridine rings is 1. The normalized spacial score (nSPS) is 19.5. The number of para-hydroxylation sites is 1. The number of amides is 3. The fraction of sp³-hybridized carbons (Fsp3) is 0.341. The standard InChI is InChI=1S/C41H42N8O4S/c1-24-23-42-36-35-28-11-12-29(44-30(28)13-15-33(35)54-38(36)40(52)43-24)26-7-3-9-27(22-26)48-20-18-47(19-21-48)17-5-8-25-6-4-10-31-37(25)46(2)41(53)49(31)32-14-16-34(50)45-39(32)51/h3-4,6-7,9-13,15,22,24,32,42H,5,8,14,16-21,23H2,1-2H3,(H,43,52)(H,45,50,51)/t24-,32?/m1/s1. The van der Waals surface area contributed by atoms with Gasteiger partial charge in [0.1, 0.15) is 10.9 Å². The number of piperazine rings is 1. The number of thiophene rings is 1. The summed E-state index contributed by atoms with van der Waals surface area (Å²) in [7, 11) is 1.76. The molecule has 276 valence electrons. The predicted molar refractivity (Wildman–Crippen MR) is 214 cm³/mol. The van der Waals surface area contributed by atoms with Gasteiger partial charge >= 0.3 is 5.69 Å². The number of imide groups is 1. The quantitative estimate of drug-likeness (QED) is 0.194. The van der Waals surface area contributed by atoms with Gasteiger partial charge in [-0.05, 0) is 80.8 Å². The van der Waals surface area contributed by atoms with Crippen LogP contribution in [0.15, 0.2) is 71.5 Å². The second-order valence-electron chi connectivity index (χ2n) is 14.7. The van der Waals surface area contributed by atoms with Crippen molar-refractivity contribution in [2.45, 2.75) is 44.7 Å². The molecule has 3 aliphatic heterocycles. The molecule has 0 saturated carbocycles. The number of aromatic nitrogens is 3. The van der Waals surface area contributed by atoms with Crippen molar-refractivity contribution in [3.8, 4) is 11.3 Å². The molecule has 3 aliphatic rings. The monoisotopic (exact) mass is 742 g/mol. The lowest BCUT2D eigenvalue weighted by Gasteiger charge is -2.36. The van der Waals surface area contributed by atoms with Gasteiger partial charge in [-0.2, -0.15) is 0 Å². The van der Waals surface area contributed by atoms with Crippen molar-refractivity contribution >= 4 is 72.5 Å². The molecule has 12 nitrogen and oxygen atoms in total. The van der Waals surface area contributed by atoms with E-state index in [2.05, 4.69) is 80.3 Å². The van der Waals surface area contributed by atoms with E-state index in [9.17, 15) is 19.2 Å². The van der Waals surface area contributed by atoms with E-state index in [0.717, 1.165) is 105 Å². The number of aryl methyl sites for hydroxylation is 2. The first kappa shape index (κ1) is 34.3. The van der Waals surface area contributed by atoms with Crippen molar-refractivity contribution in [3.05, 3.63) is 87.7 Å². The van der Waals surface area contributed by atoms with Crippen LogP contribution in [0.1, 0.15) is 47.5 Å². The van der Waals surface area contributed by atoms with Crippen molar-refractivity contribution in [3.63, 3.8) is 0 Å². The smallest absolute Gasteiger partial charge is 0.329 e. The number of piperidine rings is 1. The molecule has 3 aromatic heterocycles. The molecule has 0 aliphatic carbocycles. The van der Waals surface area contributed by atoms with Crippen LogP contribution >= 0.6 is 11.3 Å². The van der Waals surface area contributed by atoms with Crippen LogP contribution in [0.2, 0.25) is 0 Å². The van der Waals surface area contributed by atoms with E-state index < -0.39 is 11.9 Å². The van der Waals surface area contributed by atoms with Crippen LogP contribution in [0.4, 0.5) is 11.4 Å². The van der Waals surface area contributed by atoms with Crippen LogP contribution in [0, 0.1) is 0 Å². The highest BCUT2D eigenvalue weighted by Crippen LogP contribution is 2.41. The Morgan fingerprint density at radius 1 is 0.944 bits per heavy atom. The largest absolute Gasteiger partial charge is 0.381 e. The third kappa shape index (κ3) is 6.01. The first-order chi connectivity index (χ1) is 26.2. The van der Waals surface area contributed by atoms with Crippen LogP contribution in [0.25, 0.3) is 43.3 Å². The van der Waals surface area contributed by atoms with Gasteiger partial charge in [0.05, 0.1) is 27.9 Å². The van der Waals surface area contributed by atoms with Crippen LogP contribution in [-0.2, 0) is 23.1 Å². The second kappa shape index (κ2) is 13.7. The Hall–Kier alpha value is -5.53. The second-order valence-corrected chi connectivity index (χ2v) is 15.8. The molecule has 2 saturated heterocycles. The molecule has 3 aromatic carbocycles. The van der Waals surface area contributed by atoms with Crippen LogP contribution in [-0.4, -0.2) is 82.1 Å². The highest BCUT2D eigenvalue weighted by Gasteiger charge is 2.32. The van der Waals surface area contributed by atoms with E-state index in [1.165, 1.54) is 17.0 Å². The fourth-order valence-electron chi connectivity index (χ4n) is 8.42. The van der Waals surface area contributed by atoms with Crippen molar-refractivity contribution in [2.75, 3.05) is 49.5 Å². The zero-order chi connectivity index (χ0) is 37.1. The number of nitrogens with one attached hydrogen (secondary N) is 3. The summed E-state index contributed by atoms with van der Waals surface area (Å²) in [6.07, 6.45) is 2.31. The Bertz CT molecular complexity index is 2550. The number of hydrogen-bond acceptors (Lipinski definition) is 9. The summed E-state index contributed by atoms with van der Waals surface area (Å²) in [5.74, 6) is -0.733. The maximum Gasteiger partial charge on any atom is 0.329 e. The molecular formula is C41H42N8O4S. The number of carbonyl (C=O) groups excluding carboxylic acids is 3. The molecule has 0 radical (unpaired) electrons. The molecule has 2 atom stereocenters. The highest BCUT2D eigenvalue weighted by atomic mass is 32.1. The van der Waals surface area contributed by atoms with Gasteiger partial charge in [-0.15, -0.1) is 11.3 Å². The van der Waals surface area contributed by atoms with Crippen LogP contribution in [0.3, 0.4) is 0 Å². The van der Waals surface area contributed by atoms with Crippen molar-refractivity contribution in [1.82, 2.24) is 29.7 Å². The van der Waals surface area contributed by atoms with Gasteiger partial charge in [-0.3, -0.25) is 33.7 Å². The van der Waals surface area contributed by atoms with Gasteiger partial charge in [0.2, 0.25) is 11.8 Å². The van der Waals surface area contributed by atoms with E-state index in [-0.39, 0.29) is 30.0 Å². The van der Waals surface area contributed by atoms with Crippen molar-refractivity contribution in [2.24, 2.45) is 7.05 Å². The molecule has 2 fully saturated rings. The van der Waals surface area contributed by atoms with E-state index in [0.29, 0.717) is 13.0 Å². The minimum absolute atomic E-state index is 0.0255. The number of benzene rings is 3. The molecule has 54 heavy (non-hydrogen) atoms. The number of rotatable bonds is 7.